The number of carbonyl (C=O) groups is 1. The molecule has 0 atom stereocenters. The maximum atomic E-state index is 12.5. The Morgan fingerprint density at radius 2 is 2.08 bits per heavy atom. The molecule has 0 radical (unpaired) electrons. The Morgan fingerprint density at radius 1 is 1.23 bits per heavy atom. The SMILES string of the molecule is CC1=NN(c2nn[nH]n2)C(=O)/C1=C/c1ccc(-c2cc(Cl)ccc2Cl)o1. The standard InChI is InChI=1S/C16H10Cl2N6O2/c1-8-11(15(25)24(21-8)16-19-22-23-20-16)7-10-3-5-14(26-10)12-6-9(17)2-4-13(12)18/h2-7H,1H3,(H,19,20,22,23)/b11-7+. The van der Waals surface area contributed by atoms with Crippen molar-refractivity contribution >= 4 is 46.8 Å². The first-order valence-corrected chi connectivity index (χ1v) is 8.19. The molecule has 0 aliphatic carbocycles. The number of aromatic nitrogens is 4. The zero-order valence-corrected chi connectivity index (χ0v) is 14.8. The Balaban J connectivity index is 1.66. The highest BCUT2D eigenvalue weighted by atomic mass is 35.5. The summed E-state index contributed by atoms with van der Waals surface area (Å²) in [6.45, 7) is 1.71. The van der Waals surface area contributed by atoms with Crippen LogP contribution in [0.2, 0.25) is 10.0 Å². The number of carbonyl (C=O) groups excluding carboxylic acids is 1. The van der Waals surface area contributed by atoms with Crippen molar-refractivity contribution in [3.63, 3.8) is 0 Å². The van der Waals surface area contributed by atoms with Gasteiger partial charge in [0.1, 0.15) is 11.5 Å². The van der Waals surface area contributed by atoms with Gasteiger partial charge in [0.05, 0.1) is 16.3 Å². The van der Waals surface area contributed by atoms with Gasteiger partial charge in [-0.2, -0.15) is 15.3 Å². The van der Waals surface area contributed by atoms with E-state index in [0.717, 1.165) is 5.01 Å². The third-order valence-electron chi connectivity index (χ3n) is 3.69. The Hall–Kier alpha value is -2.97. The number of benzene rings is 1. The monoisotopic (exact) mass is 388 g/mol. The third-order valence-corrected chi connectivity index (χ3v) is 4.26. The first-order valence-electron chi connectivity index (χ1n) is 7.43. The summed E-state index contributed by atoms with van der Waals surface area (Å²) < 4.78 is 5.80. The van der Waals surface area contributed by atoms with E-state index in [4.69, 9.17) is 27.6 Å². The largest absolute Gasteiger partial charge is 0.457 e. The van der Waals surface area contributed by atoms with Crippen LogP contribution in [0.5, 0.6) is 0 Å². The van der Waals surface area contributed by atoms with E-state index in [2.05, 4.69) is 25.7 Å². The Morgan fingerprint density at radius 3 is 2.85 bits per heavy atom. The Kier molecular flexibility index (Phi) is 4.06. The molecule has 8 nitrogen and oxygen atoms in total. The van der Waals surface area contributed by atoms with E-state index in [9.17, 15) is 4.79 Å². The van der Waals surface area contributed by atoms with Crippen molar-refractivity contribution in [1.29, 1.82) is 0 Å². The van der Waals surface area contributed by atoms with Gasteiger partial charge in [-0.05, 0) is 48.5 Å². The molecular formula is C16H10Cl2N6O2. The number of nitrogens with one attached hydrogen (secondary N) is 1. The van der Waals surface area contributed by atoms with Gasteiger partial charge in [-0.3, -0.25) is 4.79 Å². The highest BCUT2D eigenvalue weighted by Crippen LogP contribution is 2.32. The number of furan rings is 1. The molecule has 1 amide bonds. The number of halogens is 2. The average molecular weight is 389 g/mol. The van der Waals surface area contributed by atoms with Crippen molar-refractivity contribution in [2.24, 2.45) is 5.10 Å². The number of amides is 1. The van der Waals surface area contributed by atoms with Crippen molar-refractivity contribution in [2.75, 3.05) is 5.01 Å². The number of H-pyrrole nitrogens is 1. The van der Waals surface area contributed by atoms with Crippen molar-refractivity contribution in [2.45, 2.75) is 6.92 Å². The molecule has 0 unspecified atom stereocenters. The number of rotatable bonds is 3. The van der Waals surface area contributed by atoms with Crippen LogP contribution in [0, 0.1) is 0 Å². The molecule has 1 aromatic carbocycles. The molecule has 1 N–H and O–H groups in total. The van der Waals surface area contributed by atoms with Gasteiger partial charge in [0, 0.05) is 10.6 Å². The van der Waals surface area contributed by atoms with Crippen LogP contribution in [0.1, 0.15) is 12.7 Å². The number of hydrazone groups is 1. The summed E-state index contributed by atoms with van der Waals surface area (Å²) in [4.78, 5) is 12.5. The molecule has 4 rings (SSSR count). The van der Waals surface area contributed by atoms with Gasteiger partial charge >= 0.3 is 0 Å². The fourth-order valence-electron chi connectivity index (χ4n) is 2.47. The molecule has 3 heterocycles. The van der Waals surface area contributed by atoms with E-state index in [0.29, 0.717) is 38.4 Å². The normalized spacial score (nSPS) is 15.8. The summed E-state index contributed by atoms with van der Waals surface area (Å²) in [5, 5.41) is 19.5. The molecule has 0 spiro atoms. The fourth-order valence-corrected chi connectivity index (χ4v) is 2.85. The number of tetrazole rings is 1. The number of aromatic amines is 1. The Labute approximate surface area is 157 Å². The van der Waals surface area contributed by atoms with E-state index in [-0.39, 0.29) is 11.9 Å². The third kappa shape index (κ3) is 2.89. The van der Waals surface area contributed by atoms with E-state index in [1.165, 1.54) is 0 Å². The van der Waals surface area contributed by atoms with Crippen LogP contribution in [0.15, 0.2) is 45.4 Å². The summed E-state index contributed by atoms with van der Waals surface area (Å²) >= 11 is 12.2. The predicted molar refractivity (Wildman–Crippen MR) is 96.9 cm³/mol. The van der Waals surface area contributed by atoms with Crippen molar-refractivity contribution in [3.05, 3.63) is 51.7 Å². The second-order valence-corrected chi connectivity index (χ2v) is 6.24. The fraction of sp³-hybridized carbons (Fsp3) is 0.0625. The summed E-state index contributed by atoms with van der Waals surface area (Å²) in [6.07, 6.45) is 1.60. The van der Waals surface area contributed by atoms with E-state index >= 15 is 0 Å². The number of hydrogen-bond acceptors (Lipinski definition) is 6. The summed E-state index contributed by atoms with van der Waals surface area (Å²) in [5.74, 6) is 0.717. The van der Waals surface area contributed by atoms with E-state index in [1.54, 1.807) is 43.3 Å². The van der Waals surface area contributed by atoms with E-state index < -0.39 is 0 Å². The first kappa shape index (κ1) is 16.5. The summed E-state index contributed by atoms with van der Waals surface area (Å²) in [6, 6.07) is 8.59. The first-order chi connectivity index (χ1) is 12.5. The molecule has 10 heteroatoms. The highest BCUT2D eigenvalue weighted by molar-refractivity contribution is 6.35. The predicted octanol–water partition coefficient (Wildman–Crippen LogP) is 3.57. The van der Waals surface area contributed by atoms with Gasteiger partial charge < -0.3 is 4.42 Å². The molecule has 0 saturated carbocycles. The number of anilines is 1. The van der Waals surface area contributed by atoms with Crippen LogP contribution >= 0.6 is 23.2 Å². The van der Waals surface area contributed by atoms with Crippen LogP contribution in [-0.4, -0.2) is 32.2 Å². The van der Waals surface area contributed by atoms with Gasteiger partial charge in [0.2, 0.25) is 0 Å². The second kappa shape index (κ2) is 6.40. The molecule has 130 valence electrons. The minimum atomic E-state index is -0.373. The lowest BCUT2D eigenvalue weighted by atomic mass is 10.1. The molecule has 0 bridgehead atoms. The number of nitrogens with zero attached hydrogens (tertiary/aromatic N) is 5. The minimum absolute atomic E-state index is 0.0728. The highest BCUT2D eigenvalue weighted by Gasteiger charge is 2.31. The Bertz CT molecular complexity index is 1050. The van der Waals surface area contributed by atoms with Gasteiger partial charge in [0.15, 0.2) is 0 Å². The quantitative estimate of drug-likeness (QED) is 0.691. The van der Waals surface area contributed by atoms with Crippen molar-refractivity contribution in [3.8, 4) is 11.3 Å². The average Bonchev–Trinajstić information content (AvgIpc) is 3.34. The molecule has 3 aromatic rings. The van der Waals surface area contributed by atoms with Gasteiger partial charge in [-0.25, -0.2) is 0 Å². The van der Waals surface area contributed by atoms with Crippen molar-refractivity contribution < 1.29 is 9.21 Å². The number of hydrogen-bond donors (Lipinski definition) is 1. The summed E-state index contributed by atoms with van der Waals surface area (Å²) in [5.41, 5.74) is 1.55. The van der Waals surface area contributed by atoms with Gasteiger partial charge in [0.25, 0.3) is 11.9 Å². The van der Waals surface area contributed by atoms with Gasteiger partial charge in [-0.15, -0.1) is 5.10 Å². The van der Waals surface area contributed by atoms with Crippen LogP contribution in [0.25, 0.3) is 17.4 Å². The molecule has 1 aliphatic heterocycles. The van der Waals surface area contributed by atoms with Crippen LogP contribution in [0.3, 0.4) is 0 Å². The maximum Gasteiger partial charge on any atom is 0.293 e. The smallest absolute Gasteiger partial charge is 0.293 e. The lowest BCUT2D eigenvalue weighted by molar-refractivity contribution is -0.114. The molecule has 2 aromatic heterocycles. The van der Waals surface area contributed by atoms with Crippen LogP contribution in [0.4, 0.5) is 5.95 Å². The molecule has 0 saturated heterocycles. The molecule has 1 aliphatic rings. The molecular weight excluding hydrogens is 379 g/mol. The zero-order valence-electron chi connectivity index (χ0n) is 13.3. The van der Waals surface area contributed by atoms with E-state index in [1.807, 2.05) is 0 Å². The topological polar surface area (TPSA) is 100 Å². The van der Waals surface area contributed by atoms with Crippen LogP contribution in [-0.2, 0) is 4.79 Å². The zero-order chi connectivity index (χ0) is 18.3. The lowest BCUT2D eigenvalue weighted by Gasteiger charge is -2.04. The maximum absolute atomic E-state index is 12.5. The lowest BCUT2D eigenvalue weighted by Crippen LogP contribution is -2.22. The van der Waals surface area contributed by atoms with Crippen LogP contribution < -0.4 is 5.01 Å². The molecule has 0 fully saturated rings. The van der Waals surface area contributed by atoms with Crippen molar-refractivity contribution in [1.82, 2.24) is 20.6 Å². The minimum Gasteiger partial charge on any atom is -0.457 e. The second-order valence-electron chi connectivity index (χ2n) is 5.40. The van der Waals surface area contributed by atoms with Gasteiger partial charge in [-0.1, -0.05) is 28.3 Å². The summed E-state index contributed by atoms with van der Waals surface area (Å²) in [7, 11) is 0. The molecule has 26 heavy (non-hydrogen) atoms.